The zero-order chi connectivity index (χ0) is 5.82. The maximum Gasteiger partial charge on any atom is 0.0754 e. The molecule has 2 nitrogen and oxygen atoms in total. The fourth-order valence-corrected chi connectivity index (χ4v) is 0.688. The van der Waals surface area contributed by atoms with Crippen LogP contribution in [0.4, 0.5) is 0 Å². The number of nitrogens with zero attached hydrogens (tertiary/aromatic N) is 1. The van der Waals surface area contributed by atoms with Gasteiger partial charge in [0.1, 0.15) is 0 Å². The van der Waals surface area contributed by atoms with E-state index in [0.29, 0.717) is 0 Å². The molecule has 1 aliphatic rings. The van der Waals surface area contributed by atoms with E-state index in [9.17, 15) is 0 Å². The summed E-state index contributed by atoms with van der Waals surface area (Å²) < 4.78 is 0. The van der Waals surface area contributed by atoms with Crippen molar-refractivity contribution in [1.29, 1.82) is 0 Å². The van der Waals surface area contributed by atoms with Crippen molar-refractivity contribution in [2.75, 3.05) is 13.2 Å². The summed E-state index contributed by atoms with van der Waals surface area (Å²) in [6.45, 7) is 6.06. The maximum absolute atomic E-state index is 3.76. The minimum Gasteiger partial charge on any atom is -0.238 e. The van der Waals surface area contributed by atoms with Crippen LogP contribution in [0.3, 0.4) is 0 Å². The van der Waals surface area contributed by atoms with Crippen LogP contribution >= 0.6 is 0 Å². The fraction of sp³-hybridized carbons (Fsp3) is 0.833. The van der Waals surface area contributed by atoms with Crippen molar-refractivity contribution in [3.8, 4) is 0 Å². The molecule has 1 saturated heterocycles. The van der Waals surface area contributed by atoms with Crippen LogP contribution in [0, 0.1) is 6.92 Å². The average Bonchev–Trinajstić information content (AvgIpc) is 2.51. The van der Waals surface area contributed by atoms with E-state index in [1.54, 1.807) is 0 Å². The molecule has 1 heterocycles. The van der Waals surface area contributed by atoms with Gasteiger partial charge in [0.15, 0.2) is 0 Å². The van der Waals surface area contributed by atoms with Gasteiger partial charge >= 0.3 is 0 Å². The molecule has 1 N–H and O–H groups in total. The van der Waals surface area contributed by atoms with Crippen molar-refractivity contribution in [2.24, 2.45) is 0 Å². The quantitative estimate of drug-likeness (QED) is 0.430. The Bertz CT molecular complexity index is 59.5. The third-order valence-corrected chi connectivity index (χ3v) is 1.31. The van der Waals surface area contributed by atoms with Gasteiger partial charge in [-0.05, 0) is 6.42 Å². The lowest BCUT2D eigenvalue weighted by atomic mass is 10.2. The first-order chi connectivity index (χ1) is 3.93. The zero-order valence-electron chi connectivity index (χ0n) is 5.19. The molecule has 0 aromatic heterocycles. The third kappa shape index (κ3) is 2.28. The normalized spacial score (nSPS) is 25.9. The van der Waals surface area contributed by atoms with Gasteiger partial charge in [0.25, 0.3) is 0 Å². The fourth-order valence-electron chi connectivity index (χ4n) is 0.688. The van der Waals surface area contributed by atoms with Gasteiger partial charge in [-0.25, -0.2) is 10.4 Å². The molecule has 1 aliphatic heterocycles. The summed E-state index contributed by atoms with van der Waals surface area (Å²) in [5.74, 6) is 0. The second kappa shape index (κ2) is 3.05. The van der Waals surface area contributed by atoms with Crippen molar-refractivity contribution < 1.29 is 0 Å². The lowest BCUT2D eigenvalue weighted by Crippen LogP contribution is -2.01. The molecule has 1 rings (SSSR count). The van der Waals surface area contributed by atoms with Crippen LogP contribution in [0.2, 0.25) is 0 Å². The van der Waals surface area contributed by atoms with Crippen LogP contribution in [0.1, 0.15) is 19.3 Å². The summed E-state index contributed by atoms with van der Waals surface area (Å²) in [6.07, 6.45) is 3.63. The first kappa shape index (κ1) is 6.05. The van der Waals surface area contributed by atoms with Crippen LogP contribution in [0.25, 0.3) is 0 Å². The topological polar surface area (TPSA) is 25.0 Å². The molecular formula is C6H13N2. The molecule has 47 valence electrons. The van der Waals surface area contributed by atoms with Crippen LogP contribution in [0.15, 0.2) is 0 Å². The summed E-state index contributed by atoms with van der Waals surface area (Å²) in [5.41, 5.74) is 3.11. The van der Waals surface area contributed by atoms with E-state index >= 15 is 0 Å². The Morgan fingerprint density at radius 1 is 1.50 bits per heavy atom. The molecular weight excluding hydrogens is 100 g/mol. The molecule has 0 saturated carbocycles. The van der Waals surface area contributed by atoms with Crippen molar-refractivity contribution in [3.63, 3.8) is 0 Å². The van der Waals surface area contributed by atoms with Gasteiger partial charge in [-0.15, -0.1) is 0 Å². The lowest BCUT2D eigenvalue weighted by molar-refractivity contribution is 0.485. The van der Waals surface area contributed by atoms with Crippen LogP contribution in [0.5, 0.6) is 0 Å². The van der Waals surface area contributed by atoms with Gasteiger partial charge in [0.05, 0.1) is 6.67 Å². The van der Waals surface area contributed by atoms with Crippen molar-refractivity contribution in [2.45, 2.75) is 19.3 Å². The smallest absolute Gasteiger partial charge is 0.0754 e. The highest BCUT2D eigenvalue weighted by atomic mass is 15.7. The number of hydrogen-bond donors (Lipinski definition) is 1. The summed E-state index contributed by atoms with van der Waals surface area (Å²) in [5, 5.41) is 2.20. The summed E-state index contributed by atoms with van der Waals surface area (Å²) >= 11 is 0. The van der Waals surface area contributed by atoms with Gasteiger partial charge in [0.2, 0.25) is 0 Å². The molecule has 1 fully saturated rings. The van der Waals surface area contributed by atoms with E-state index in [1.807, 2.05) is 0 Å². The van der Waals surface area contributed by atoms with E-state index < -0.39 is 0 Å². The lowest BCUT2D eigenvalue weighted by Gasteiger charge is -1.94. The Balaban J connectivity index is 1.74. The van der Waals surface area contributed by atoms with E-state index in [1.165, 1.54) is 19.4 Å². The summed E-state index contributed by atoms with van der Waals surface area (Å²) in [4.78, 5) is 0. The molecule has 0 aliphatic carbocycles. The average molecular weight is 113 g/mol. The summed E-state index contributed by atoms with van der Waals surface area (Å²) in [6, 6.07) is 0. The van der Waals surface area contributed by atoms with Gasteiger partial charge in [0, 0.05) is 6.54 Å². The monoisotopic (exact) mass is 113 g/mol. The molecule has 0 aromatic rings. The first-order valence-electron chi connectivity index (χ1n) is 3.21. The largest absolute Gasteiger partial charge is 0.238 e. The molecule has 1 atom stereocenters. The Labute approximate surface area is 50.8 Å². The van der Waals surface area contributed by atoms with Crippen molar-refractivity contribution in [3.05, 3.63) is 6.92 Å². The minimum absolute atomic E-state index is 1.08. The Hall–Kier alpha value is -0.0800. The van der Waals surface area contributed by atoms with Gasteiger partial charge < -0.3 is 0 Å². The predicted octanol–water partition coefficient (Wildman–Crippen LogP) is 0.768. The van der Waals surface area contributed by atoms with Crippen LogP contribution < -0.4 is 5.43 Å². The number of rotatable bonds is 4. The molecule has 1 unspecified atom stereocenters. The highest BCUT2D eigenvalue weighted by Crippen LogP contribution is 1.99. The van der Waals surface area contributed by atoms with E-state index in [-0.39, 0.29) is 0 Å². The standard InChI is InChI=1S/C6H13N2/c1-2-3-4-5-8-6-7-8/h7H,1-6H2. The highest BCUT2D eigenvalue weighted by Gasteiger charge is 2.13. The molecule has 0 aromatic carbocycles. The molecule has 0 amide bonds. The van der Waals surface area contributed by atoms with E-state index in [4.69, 9.17) is 0 Å². The Morgan fingerprint density at radius 2 is 2.25 bits per heavy atom. The third-order valence-electron chi connectivity index (χ3n) is 1.31. The van der Waals surface area contributed by atoms with Gasteiger partial charge in [-0.2, -0.15) is 0 Å². The van der Waals surface area contributed by atoms with E-state index in [0.717, 1.165) is 13.1 Å². The van der Waals surface area contributed by atoms with E-state index in [2.05, 4.69) is 17.4 Å². The Kier molecular flexibility index (Phi) is 2.30. The van der Waals surface area contributed by atoms with Crippen LogP contribution in [-0.4, -0.2) is 18.2 Å². The maximum atomic E-state index is 3.76. The molecule has 2 heteroatoms. The first-order valence-corrected chi connectivity index (χ1v) is 3.21. The zero-order valence-corrected chi connectivity index (χ0v) is 5.19. The Morgan fingerprint density at radius 3 is 2.75 bits per heavy atom. The molecule has 8 heavy (non-hydrogen) atoms. The number of hydrogen-bond acceptors (Lipinski definition) is 2. The number of nitrogens with one attached hydrogen (secondary N) is 1. The number of hydrazine groups is 1. The number of unbranched alkanes of at least 4 members (excludes halogenated alkanes) is 2. The second-order valence-corrected chi connectivity index (χ2v) is 2.14. The van der Waals surface area contributed by atoms with Gasteiger partial charge in [-0.3, -0.25) is 0 Å². The summed E-state index contributed by atoms with van der Waals surface area (Å²) in [7, 11) is 0. The molecule has 1 radical (unpaired) electrons. The van der Waals surface area contributed by atoms with Gasteiger partial charge in [-0.1, -0.05) is 19.8 Å². The second-order valence-electron chi connectivity index (χ2n) is 2.14. The minimum atomic E-state index is 1.08. The van der Waals surface area contributed by atoms with Crippen molar-refractivity contribution in [1.82, 2.24) is 10.4 Å². The SMILES string of the molecule is [CH2]CCCCN1CN1. The predicted molar refractivity (Wildman–Crippen MR) is 33.9 cm³/mol. The van der Waals surface area contributed by atoms with Crippen molar-refractivity contribution >= 4 is 0 Å². The molecule has 0 bridgehead atoms. The van der Waals surface area contributed by atoms with Crippen LogP contribution in [-0.2, 0) is 0 Å². The highest BCUT2D eigenvalue weighted by molar-refractivity contribution is 4.59. The molecule has 0 spiro atoms.